The minimum atomic E-state index is 0.433. The molecule has 2 heterocycles. The van der Waals surface area contributed by atoms with Crippen LogP contribution in [0.2, 0.25) is 0 Å². The number of pyridine rings is 2. The molecule has 0 aliphatic rings. The number of hydrogen-bond donors (Lipinski definition) is 0. The minimum Gasteiger partial charge on any atom is -0.296 e. The van der Waals surface area contributed by atoms with E-state index in [4.69, 9.17) is 0 Å². The van der Waals surface area contributed by atoms with Gasteiger partial charge in [0.1, 0.15) is 11.4 Å². The maximum Gasteiger partial charge on any atom is 0.168 e. The average Bonchev–Trinajstić information content (AvgIpc) is 2.45. The molecule has 0 fully saturated rings. The Bertz CT molecular complexity index is 516. The minimum absolute atomic E-state index is 0.433. The van der Waals surface area contributed by atoms with Crippen molar-refractivity contribution in [2.75, 3.05) is 0 Å². The zero-order valence-corrected chi connectivity index (χ0v) is 9.74. The zero-order chi connectivity index (χ0) is 12.8. The van der Waals surface area contributed by atoms with Gasteiger partial charge in [0.25, 0.3) is 0 Å². The predicted octanol–water partition coefficient (Wildman–Crippen LogP) is 1.89. The van der Waals surface area contributed by atoms with Gasteiger partial charge in [0.15, 0.2) is 12.6 Å². The quantitative estimate of drug-likeness (QED) is 0.749. The highest BCUT2D eigenvalue weighted by atomic mass is 16.1. The highest BCUT2D eigenvalue weighted by Gasteiger charge is 2.01. The van der Waals surface area contributed by atoms with Gasteiger partial charge in [-0.15, -0.1) is 0 Å². The van der Waals surface area contributed by atoms with Crippen LogP contribution in [-0.2, 0) is 12.8 Å². The number of nitrogens with zero attached hydrogens (tertiary/aromatic N) is 2. The molecule has 90 valence electrons. The van der Waals surface area contributed by atoms with Crippen LogP contribution in [0.15, 0.2) is 36.4 Å². The van der Waals surface area contributed by atoms with E-state index in [0.29, 0.717) is 24.2 Å². The molecule has 2 aromatic rings. The lowest BCUT2D eigenvalue weighted by molar-refractivity contribution is 0.111. The molecule has 0 bridgehead atoms. The van der Waals surface area contributed by atoms with Crippen molar-refractivity contribution < 1.29 is 9.59 Å². The van der Waals surface area contributed by atoms with Gasteiger partial charge in [-0.25, -0.2) is 0 Å². The fourth-order valence-electron chi connectivity index (χ4n) is 1.66. The predicted molar refractivity (Wildman–Crippen MR) is 66.7 cm³/mol. The van der Waals surface area contributed by atoms with Crippen molar-refractivity contribution >= 4 is 12.6 Å². The Morgan fingerprint density at radius 2 is 1.22 bits per heavy atom. The maximum atomic E-state index is 10.6. The summed E-state index contributed by atoms with van der Waals surface area (Å²) in [5, 5.41) is 0. The van der Waals surface area contributed by atoms with Crippen LogP contribution in [0.3, 0.4) is 0 Å². The first-order valence-corrected chi connectivity index (χ1v) is 5.64. The summed E-state index contributed by atoms with van der Waals surface area (Å²) in [5.41, 5.74) is 2.56. The normalized spacial score (nSPS) is 10.0. The molecule has 0 spiro atoms. The second kappa shape index (κ2) is 5.82. The molecule has 0 unspecified atom stereocenters. The molecule has 0 atom stereocenters. The monoisotopic (exact) mass is 240 g/mol. The lowest BCUT2D eigenvalue weighted by atomic mass is 10.1. The summed E-state index contributed by atoms with van der Waals surface area (Å²) >= 11 is 0. The Labute approximate surface area is 105 Å². The van der Waals surface area contributed by atoms with E-state index in [-0.39, 0.29) is 0 Å². The summed E-state index contributed by atoms with van der Waals surface area (Å²) in [6, 6.07) is 10.7. The lowest BCUT2D eigenvalue weighted by Gasteiger charge is -2.02. The SMILES string of the molecule is O=Cc1cccc(CCc2cccc(C=O)n2)n1. The van der Waals surface area contributed by atoms with Gasteiger partial charge in [-0.1, -0.05) is 12.1 Å². The van der Waals surface area contributed by atoms with Crippen LogP contribution in [0.4, 0.5) is 0 Å². The number of rotatable bonds is 5. The molecule has 0 saturated carbocycles. The van der Waals surface area contributed by atoms with E-state index in [9.17, 15) is 9.59 Å². The van der Waals surface area contributed by atoms with E-state index in [1.54, 1.807) is 24.3 Å². The van der Waals surface area contributed by atoms with Crippen LogP contribution in [-0.4, -0.2) is 22.5 Å². The maximum absolute atomic E-state index is 10.6. The number of aldehydes is 2. The first kappa shape index (κ1) is 12.1. The molecule has 0 radical (unpaired) electrons. The summed E-state index contributed by atoms with van der Waals surface area (Å²) in [6.45, 7) is 0. The van der Waals surface area contributed by atoms with E-state index in [1.807, 2.05) is 12.1 Å². The van der Waals surface area contributed by atoms with E-state index in [2.05, 4.69) is 9.97 Å². The highest BCUT2D eigenvalue weighted by molar-refractivity contribution is 5.71. The fourth-order valence-corrected chi connectivity index (χ4v) is 1.66. The van der Waals surface area contributed by atoms with E-state index >= 15 is 0 Å². The Kier molecular flexibility index (Phi) is 3.91. The number of carbonyl (C=O) groups excluding carboxylic acids is 2. The van der Waals surface area contributed by atoms with Gasteiger partial charge < -0.3 is 0 Å². The van der Waals surface area contributed by atoms with Crippen molar-refractivity contribution in [2.24, 2.45) is 0 Å². The van der Waals surface area contributed by atoms with Crippen molar-refractivity contribution in [1.29, 1.82) is 0 Å². The van der Waals surface area contributed by atoms with Gasteiger partial charge in [0, 0.05) is 11.4 Å². The number of aryl methyl sites for hydroxylation is 2. The molecule has 0 N–H and O–H groups in total. The topological polar surface area (TPSA) is 59.9 Å². The Balaban J connectivity index is 2.06. The van der Waals surface area contributed by atoms with Crippen molar-refractivity contribution in [3.8, 4) is 0 Å². The molecule has 0 amide bonds. The van der Waals surface area contributed by atoms with Crippen LogP contribution in [0.1, 0.15) is 32.4 Å². The van der Waals surface area contributed by atoms with Gasteiger partial charge in [0.2, 0.25) is 0 Å². The van der Waals surface area contributed by atoms with Crippen LogP contribution >= 0.6 is 0 Å². The Morgan fingerprint density at radius 1 is 0.778 bits per heavy atom. The van der Waals surface area contributed by atoms with Crippen LogP contribution in [0, 0.1) is 0 Å². The lowest BCUT2D eigenvalue weighted by Crippen LogP contribution is -2.00. The molecule has 0 aliphatic carbocycles. The second-order valence-electron chi connectivity index (χ2n) is 3.84. The number of hydrogen-bond acceptors (Lipinski definition) is 4. The van der Waals surface area contributed by atoms with Crippen LogP contribution in [0.25, 0.3) is 0 Å². The van der Waals surface area contributed by atoms with Gasteiger partial charge >= 0.3 is 0 Å². The molecule has 2 aromatic heterocycles. The molecule has 0 aromatic carbocycles. The van der Waals surface area contributed by atoms with Crippen LogP contribution < -0.4 is 0 Å². The Hall–Kier alpha value is -2.36. The van der Waals surface area contributed by atoms with E-state index < -0.39 is 0 Å². The van der Waals surface area contributed by atoms with E-state index in [0.717, 1.165) is 24.0 Å². The van der Waals surface area contributed by atoms with Gasteiger partial charge in [0.05, 0.1) is 0 Å². The molecular weight excluding hydrogens is 228 g/mol. The summed E-state index contributed by atoms with van der Waals surface area (Å²) in [7, 11) is 0. The molecule has 4 heteroatoms. The van der Waals surface area contributed by atoms with E-state index in [1.165, 1.54) is 0 Å². The summed E-state index contributed by atoms with van der Waals surface area (Å²) in [4.78, 5) is 29.6. The standard InChI is InChI=1S/C14H12N2O2/c17-9-13-5-1-3-11(15-13)7-8-12-4-2-6-14(10-18)16-12/h1-6,9-10H,7-8H2. The first-order valence-electron chi connectivity index (χ1n) is 5.64. The fraction of sp³-hybridized carbons (Fsp3) is 0.143. The molecular formula is C14H12N2O2. The average molecular weight is 240 g/mol. The van der Waals surface area contributed by atoms with Gasteiger partial charge in [-0.3, -0.25) is 19.6 Å². The van der Waals surface area contributed by atoms with Crippen molar-refractivity contribution in [2.45, 2.75) is 12.8 Å². The zero-order valence-electron chi connectivity index (χ0n) is 9.74. The van der Waals surface area contributed by atoms with Crippen molar-refractivity contribution in [1.82, 2.24) is 9.97 Å². The van der Waals surface area contributed by atoms with Crippen molar-refractivity contribution in [3.63, 3.8) is 0 Å². The van der Waals surface area contributed by atoms with Crippen molar-refractivity contribution in [3.05, 3.63) is 59.2 Å². The number of aromatic nitrogens is 2. The Morgan fingerprint density at radius 3 is 1.61 bits per heavy atom. The third kappa shape index (κ3) is 3.07. The second-order valence-corrected chi connectivity index (χ2v) is 3.84. The van der Waals surface area contributed by atoms with Gasteiger partial charge in [-0.05, 0) is 37.1 Å². The molecule has 2 rings (SSSR count). The third-order valence-corrected chi connectivity index (χ3v) is 2.54. The summed E-state index contributed by atoms with van der Waals surface area (Å²) < 4.78 is 0. The van der Waals surface area contributed by atoms with Gasteiger partial charge in [-0.2, -0.15) is 0 Å². The number of carbonyl (C=O) groups is 2. The summed E-state index contributed by atoms with van der Waals surface area (Å²) in [6.07, 6.45) is 2.84. The first-order chi connectivity index (χ1) is 8.81. The molecule has 0 aliphatic heterocycles. The highest BCUT2D eigenvalue weighted by Crippen LogP contribution is 2.05. The third-order valence-electron chi connectivity index (χ3n) is 2.54. The molecule has 18 heavy (non-hydrogen) atoms. The largest absolute Gasteiger partial charge is 0.296 e. The molecule has 4 nitrogen and oxygen atoms in total. The smallest absolute Gasteiger partial charge is 0.168 e. The van der Waals surface area contributed by atoms with Crippen LogP contribution in [0.5, 0.6) is 0 Å². The summed E-state index contributed by atoms with van der Waals surface area (Å²) in [5.74, 6) is 0. The molecule has 0 saturated heterocycles.